The van der Waals surface area contributed by atoms with E-state index < -0.39 is 17.8 Å². The van der Waals surface area contributed by atoms with E-state index in [0.717, 1.165) is 6.42 Å². The van der Waals surface area contributed by atoms with Gasteiger partial charge in [0.1, 0.15) is 0 Å². The Labute approximate surface area is 118 Å². The number of hydrogen-bond donors (Lipinski definition) is 1. The van der Waals surface area contributed by atoms with Crippen LogP contribution in [-0.2, 0) is 14.4 Å². The minimum atomic E-state index is -0.939. The zero-order valence-electron chi connectivity index (χ0n) is 11.6. The minimum absolute atomic E-state index is 0.0574. The van der Waals surface area contributed by atoms with E-state index in [2.05, 4.69) is 0 Å². The van der Waals surface area contributed by atoms with Crippen LogP contribution in [0.2, 0.25) is 0 Å². The van der Waals surface area contributed by atoms with Crippen LogP contribution >= 0.6 is 0 Å². The molecule has 1 aliphatic heterocycles. The van der Waals surface area contributed by atoms with Crippen molar-refractivity contribution in [2.75, 3.05) is 26.7 Å². The molecule has 2 atom stereocenters. The van der Waals surface area contributed by atoms with E-state index in [4.69, 9.17) is 0 Å². The van der Waals surface area contributed by atoms with Crippen LogP contribution in [0.4, 0.5) is 0 Å². The summed E-state index contributed by atoms with van der Waals surface area (Å²) >= 11 is 0. The molecule has 0 aromatic rings. The van der Waals surface area contributed by atoms with Gasteiger partial charge in [0.05, 0.1) is 18.4 Å². The fraction of sp³-hybridized carbons (Fsp3) is 0.643. The zero-order valence-corrected chi connectivity index (χ0v) is 11.6. The molecular weight excluding hydrogens is 260 g/mol. The van der Waals surface area contributed by atoms with Crippen molar-refractivity contribution in [1.29, 1.82) is 0 Å². The second-order valence-electron chi connectivity index (χ2n) is 5.42. The second-order valence-corrected chi connectivity index (χ2v) is 5.42. The summed E-state index contributed by atoms with van der Waals surface area (Å²) in [5.74, 6) is -2.46. The first kappa shape index (κ1) is 14.6. The van der Waals surface area contributed by atoms with Crippen LogP contribution in [0.1, 0.15) is 19.3 Å². The molecule has 1 aliphatic carbocycles. The number of carboxylic acids is 1. The average molecular weight is 280 g/mol. The maximum absolute atomic E-state index is 12.5. The predicted octanol–water partition coefficient (Wildman–Crippen LogP) is 0.344. The van der Waals surface area contributed by atoms with Gasteiger partial charge in [-0.3, -0.25) is 14.4 Å². The summed E-state index contributed by atoms with van der Waals surface area (Å²) in [5.41, 5.74) is 0. The average Bonchev–Trinajstić information content (AvgIpc) is 2.60. The lowest BCUT2D eigenvalue weighted by molar-refractivity contribution is -0.151. The molecule has 0 spiro atoms. The lowest BCUT2D eigenvalue weighted by atomic mass is 9.82. The van der Waals surface area contributed by atoms with Gasteiger partial charge in [-0.05, 0) is 19.3 Å². The number of carbonyl (C=O) groups excluding carboxylic acids is 2. The smallest absolute Gasteiger partial charge is 0.307 e. The standard InChI is InChI=1S/C14H20N2O4/c1-15-7-4-8-16(9-12(15)17)13(18)10-5-2-3-6-11(10)14(19)20/h2-3,10-11H,4-9H2,1H3,(H,19,20)/t10-,11+/m1/s1. The van der Waals surface area contributed by atoms with Crippen LogP contribution in [0, 0.1) is 11.8 Å². The third kappa shape index (κ3) is 3.00. The number of likely N-dealkylation sites (N-methyl/N-ethyl adjacent to an activating group) is 1. The first-order valence-electron chi connectivity index (χ1n) is 6.91. The number of carbonyl (C=O) groups is 3. The molecule has 2 aliphatic rings. The highest BCUT2D eigenvalue weighted by molar-refractivity contribution is 5.89. The SMILES string of the molecule is CN1CCCN(C(=O)[C@@H]2CC=CC[C@@H]2C(=O)O)CC1=O. The molecule has 110 valence electrons. The quantitative estimate of drug-likeness (QED) is 0.740. The number of hydrogen-bond acceptors (Lipinski definition) is 3. The lowest BCUT2D eigenvalue weighted by Crippen LogP contribution is -2.44. The van der Waals surface area contributed by atoms with Crippen molar-refractivity contribution < 1.29 is 19.5 Å². The highest BCUT2D eigenvalue weighted by Gasteiger charge is 2.37. The number of rotatable bonds is 2. The van der Waals surface area contributed by atoms with Gasteiger partial charge in [-0.25, -0.2) is 0 Å². The van der Waals surface area contributed by atoms with Gasteiger partial charge in [0.2, 0.25) is 11.8 Å². The molecule has 0 unspecified atom stereocenters. The Morgan fingerprint density at radius 3 is 2.50 bits per heavy atom. The number of carboxylic acid groups (broad SMARTS) is 1. The van der Waals surface area contributed by atoms with Crippen molar-refractivity contribution in [2.45, 2.75) is 19.3 Å². The molecule has 0 bridgehead atoms. The molecule has 1 saturated heterocycles. The maximum Gasteiger partial charge on any atom is 0.307 e. The minimum Gasteiger partial charge on any atom is -0.481 e. The Bertz CT molecular complexity index is 446. The maximum atomic E-state index is 12.5. The van der Waals surface area contributed by atoms with E-state index in [-0.39, 0.29) is 18.4 Å². The summed E-state index contributed by atoms with van der Waals surface area (Å²) in [4.78, 5) is 38.7. The van der Waals surface area contributed by atoms with Crippen LogP contribution in [0.15, 0.2) is 12.2 Å². The van der Waals surface area contributed by atoms with Crippen LogP contribution in [0.25, 0.3) is 0 Å². The summed E-state index contributed by atoms with van der Waals surface area (Å²) < 4.78 is 0. The Balaban J connectivity index is 2.11. The van der Waals surface area contributed by atoms with Crippen molar-refractivity contribution >= 4 is 17.8 Å². The largest absolute Gasteiger partial charge is 0.481 e. The molecule has 1 heterocycles. The zero-order chi connectivity index (χ0) is 14.7. The van der Waals surface area contributed by atoms with Crippen molar-refractivity contribution in [2.24, 2.45) is 11.8 Å². The highest BCUT2D eigenvalue weighted by atomic mass is 16.4. The predicted molar refractivity (Wildman–Crippen MR) is 71.8 cm³/mol. The van der Waals surface area contributed by atoms with Crippen molar-refractivity contribution in [3.05, 3.63) is 12.2 Å². The van der Waals surface area contributed by atoms with Crippen molar-refractivity contribution in [1.82, 2.24) is 9.80 Å². The van der Waals surface area contributed by atoms with Gasteiger partial charge in [0.15, 0.2) is 0 Å². The first-order chi connectivity index (χ1) is 9.50. The number of nitrogens with zero attached hydrogens (tertiary/aromatic N) is 2. The summed E-state index contributed by atoms with van der Waals surface area (Å²) in [5, 5.41) is 9.23. The van der Waals surface area contributed by atoms with E-state index in [0.29, 0.717) is 25.9 Å². The molecule has 0 aromatic heterocycles. The molecule has 0 saturated carbocycles. The second kappa shape index (κ2) is 6.07. The monoisotopic (exact) mass is 280 g/mol. The molecule has 6 heteroatoms. The molecule has 2 rings (SSSR count). The molecule has 0 aromatic carbocycles. The topological polar surface area (TPSA) is 77.9 Å². The van der Waals surface area contributed by atoms with Crippen molar-refractivity contribution in [3.8, 4) is 0 Å². The summed E-state index contributed by atoms with van der Waals surface area (Å²) in [6, 6.07) is 0. The molecule has 6 nitrogen and oxygen atoms in total. The Kier molecular flexibility index (Phi) is 4.42. The first-order valence-corrected chi connectivity index (χ1v) is 6.91. The van der Waals surface area contributed by atoms with Crippen LogP contribution in [0.3, 0.4) is 0 Å². The Morgan fingerprint density at radius 1 is 1.20 bits per heavy atom. The normalized spacial score (nSPS) is 27.4. The molecule has 20 heavy (non-hydrogen) atoms. The van der Waals surface area contributed by atoms with Gasteiger partial charge < -0.3 is 14.9 Å². The van der Waals surface area contributed by atoms with Gasteiger partial charge in [-0.1, -0.05) is 12.2 Å². The number of amides is 2. The third-order valence-electron chi connectivity index (χ3n) is 4.05. The van der Waals surface area contributed by atoms with E-state index in [1.165, 1.54) is 4.90 Å². The van der Waals surface area contributed by atoms with E-state index >= 15 is 0 Å². The lowest BCUT2D eigenvalue weighted by Gasteiger charge is -2.29. The van der Waals surface area contributed by atoms with Crippen molar-refractivity contribution in [3.63, 3.8) is 0 Å². The molecule has 1 fully saturated rings. The molecule has 0 radical (unpaired) electrons. The van der Waals surface area contributed by atoms with Gasteiger partial charge in [-0.15, -0.1) is 0 Å². The van der Waals surface area contributed by atoms with Gasteiger partial charge >= 0.3 is 5.97 Å². The van der Waals surface area contributed by atoms with Gasteiger partial charge in [0.25, 0.3) is 0 Å². The number of aliphatic carboxylic acids is 1. The summed E-state index contributed by atoms with van der Waals surface area (Å²) in [6.45, 7) is 1.21. The van der Waals surface area contributed by atoms with Crippen LogP contribution in [0.5, 0.6) is 0 Å². The molecular formula is C14H20N2O4. The fourth-order valence-electron chi connectivity index (χ4n) is 2.77. The van der Waals surface area contributed by atoms with Crippen LogP contribution in [-0.4, -0.2) is 59.4 Å². The van der Waals surface area contributed by atoms with E-state index in [1.54, 1.807) is 11.9 Å². The molecule has 1 N–H and O–H groups in total. The van der Waals surface area contributed by atoms with E-state index in [9.17, 15) is 19.5 Å². The van der Waals surface area contributed by atoms with Gasteiger partial charge in [0, 0.05) is 20.1 Å². The number of allylic oxidation sites excluding steroid dienone is 2. The summed E-state index contributed by atoms with van der Waals surface area (Å²) in [6.07, 6.45) is 5.22. The van der Waals surface area contributed by atoms with E-state index in [1.807, 2.05) is 12.2 Å². The Hall–Kier alpha value is -1.85. The fourth-order valence-corrected chi connectivity index (χ4v) is 2.77. The summed E-state index contributed by atoms with van der Waals surface area (Å²) in [7, 11) is 1.72. The third-order valence-corrected chi connectivity index (χ3v) is 4.05. The molecule has 2 amide bonds. The Morgan fingerprint density at radius 2 is 1.85 bits per heavy atom. The highest BCUT2D eigenvalue weighted by Crippen LogP contribution is 2.28. The van der Waals surface area contributed by atoms with Gasteiger partial charge in [-0.2, -0.15) is 0 Å². The van der Waals surface area contributed by atoms with Crippen LogP contribution < -0.4 is 0 Å².